The van der Waals surface area contributed by atoms with Crippen molar-refractivity contribution in [1.29, 1.82) is 0 Å². The number of hydrogen-bond acceptors (Lipinski definition) is 3. The van der Waals surface area contributed by atoms with E-state index >= 15 is 0 Å². The van der Waals surface area contributed by atoms with E-state index in [2.05, 4.69) is 0 Å². The molecule has 1 atom stereocenters. The standard InChI is InChI=1S/C7H14O3/c1-2-10-7(5-8)3-4-9-6-7/h8H,2-6H2,1H3. The van der Waals surface area contributed by atoms with E-state index in [-0.39, 0.29) is 12.2 Å². The summed E-state index contributed by atoms with van der Waals surface area (Å²) in [7, 11) is 0. The Morgan fingerprint density at radius 2 is 2.50 bits per heavy atom. The summed E-state index contributed by atoms with van der Waals surface area (Å²) in [6.45, 7) is 3.89. The third-order valence-electron chi connectivity index (χ3n) is 1.81. The van der Waals surface area contributed by atoms with Gasteiger partial charge < -0.3 is 14.6 Å². The van der Waals surface area contributed by atoms with E-state index < -0.39 is 0 Å². The highest BCUT2D eigenvalue weighted by Gasteiger charge is 2.34. The maximum atomic E-state index is 8.94. The van der Waals surface area contributed by atoms with Crippen LogP contribution in [0.4, 0.5) is 0 Å². The number of ether oxygens (including phenoxy) is 2. The fourth-order valence-corrected chi connectivity index (χ4v) is 1.18. The monoisotopic (exact) mass is 146 g/mol. The van der Waals surface area contributed by atoms with Gasteiger partial charge in [-0.2, -0.15) is 0 Å². The highest BCUT2D eigenvalue weighted by Crippen LogP contribution is 2.21. The van der Waals surface area contributed by atoms with E-state index in [1.807, 2.05) is 6.92 Å². The van der Waals surface area contributed by atoms with E-state index in [0.717, 1.165) is 6.42 Å². The van der Waals surface area contributed by atoms with Crippen molar-refractivity contribution in [1.82, 2.24) is 0 Å². The lowest BCUT2D eigenvalue weighted by molar-refractivity contribution is -0.0760. The van der Waals surface area contributed by atoms with Crippen LogP contribution in [0.5, 0.6) is 0 Å². The topological polar surface area (TPSA) is 38.7 Å². The molecule has 0 radical (unpaired) electrons. The van der Waals surface area contributed by atoms with Crippen LogP contribution in [-0.4, -0.2) is 37.1 Å². The van der Waals surface area contributed by atoms with Crippen LogP contribution < -0.4 is 0 Å². The van der Waals surface area contributed by atoms with Crippen LogP contribution in [0.2, 0.25) is 0 Å². The molecule has 10 heavy (non-hydrogen) atoms. The zero-order valence-corrected chi connectivity index (χ0v) is 6.30. The third-order valence-corrected chi connectivity index (χ3v) is 1.81. The molecule has 3 nitrogen and oxygen atoms in total. The average Bonchev–Trinajstić information content (AvgIpc) is 2.39. The lowest BCUT2D eigenvalue weighted by Crippen LogP contribution is -2.37. The summed E-state index contributed by atoms with van der Waals surface area (Å²) in [6, 6.07) is 0. The van der Waals surface area contributed by atoms with E-state index in [0.29, 0.717) is 19.8 Å². The smallest absolute Gasteiger partial charge is 0.116 e. The summed E-state index contributed by atoms with van der Waals surface area (Å²) >= 11 is 0. The summed E-state index contributed by atoms with van der Waals surface area (Å²) in [5.41, 5.74) is -0.380. The molecule has 1 fully saturated rings. The molecule has 0 aromatic rings. The van der Waals surface area contributed by atoms with Gasteiger partial charge in [0.1, 0.15) is 5.60 Å². The number of aliphatic hydroxyl groups is 1. The third kappa shape index (κ3) is 1.48. The van der Waals surface area contributed by atoms with Crippen LogP contribution in [0, 0.1) is 0 Å². The van der Waals surface area contributed by atoms with Crippen molar-refractivity contribution in [2.45, 2.75) is 18.9 Å². The zero-order valence-electron chi connectivity index (χ0n) is 6.30. The molecule has 1 aliphatic heterocycles. The largest absolute Gasteiger partial charge is 0.393 e. The number of hydrogen-bond donors (Lipinski definition) is 1. The Bertz CT molecular complexity index is 97.0. The Balaban J connectivity index is 2.41. The molecule has 1 heterocycles. The fraction of sp³-hybridized carbons (Fsp3) is 1.00. The molecule has 0 bridgehead atoms. The first-order valence-corrected chi connectivity index (χ1v) is 3.65. The van der Waals surface area contributed by atoms with Crippen molar-refractivity contribution in [3.05, 3.63) is 0 Å². The molecule has 3 heteroatoms. The molecule has 0 spiro atoms. The van der Waals surface area contributed by atoms with Crippen LogP contribution in [0.3, 0.4) is 0 Å². The Hall–Kier alpha value is -0.120. The Kier molecular flexibility index (Phi) is 2.65. The molecule has 0 aromatic heterocycles. The number of rotatable bonds is 3. The van der Waals surface area contributed by atoms with Crippen LogP contribution in [-0.2, 0) is 9.47 Å². The normalized spacial score (nSPS) is 33.0. The first kappa shape index (κ1) is 7.98. The van der Waals surface area contributed by atoms with Crippen LogP contribution in [0.15, 0.2) is 0 Å². The van der Waals surface area contributed by atoms with Crippen molar-refractivity contribution in [2.75, 3.05) is 26.4 Å². The van der Waals surface area contributed by atoms with Gasteiger partial charge >= 0.3 is 0 Å². The molecule has 1 saturated heterocycles. The van der Waals surface area contributed by atoms with Crippen molar-refractivity contribution in [2.24, 2.45) is 0 Å². The minimum absolute atomic E-state index is 0.0703. The molecule has 1 aliphatic rings. The van der Waals surface area contributed by atoms with E-state index in [1.54, 1.807) is 0 Å². The minimum Gasteiger partial charge on any atom is -0.393 e. The average molecular weight is 146 g/mol. The quantitative estimate of drug-likeness (QED) is 0.617. The Labute approximate surface area is 60.9 Å². The molecule has 1 N–H and O–H groups in total. The lowest BCUT2D eigenvalue weighted by Gasteiger charge is -2.23. The molecule has 0 amide bonds. The highest BCUT2D eigenvalue weighted by molar-refractivity contribution is 4.83. The number of aliphatic hydroxyl groups excluding tert-OH is 1. The van der Waals surface area contributed by atoms with E-state index in [9.17, 15) is 0 Å². The minimum atomic E-state index is -0.380. The zero-order chi connectivity index (χ0) is 7.45. The lowest BCUT2D eigenvalue weighted by atomic mass is 10.1. The maximum Gasteiger partial charge on any atom is 0.116 e. The SMILES string of the molecule is CCOC1(CO)CCOC1. The molecule has 0 aliphatic carbocycles. The summed E-state index contributed by atoms with van der Waals surface area (Å²) in [6.07, 6.45) is 0.817. The Morgan fingerprint density at radius 1 is 1.70 bits per heavy atom. The molecule has 60 valence electrons. The predicted octanol–water partition coefficient (Wildman–Crippen LogP) is 0.174. The summed E-state index contributed by atoms with van der Waals surface area (Å²) in [5, 5.41) is 8.94. The second-order valence-electron chi connectivity index (χ2n) is 2.58. The second-order valence-corrected chi connectivity index (χ2v) is 2.58. The van der Waals surface area contributed by atoms with Gasteiger partial charge in [0.25, 0.3) is 0 Å². The first-order chi connectivity index (χ1) is 4.83. The maximum absolute atomic E-state index is 8.94. The van der Waals surface area contributed by atoms with Gasteiger partial charge in [-0.15, -0.1) is 0 Å². The van der Waals surface area contributed by atoms with Gasteiger partial charge in [0.05, 0.1) is 13.2 Å². The fourth-order valence-electron chi connectivity index (χ4n) is 1.18. The van der Waals surface area contributed by atoms with Crippen molar-refractivity contribution >= 4 is 0 Å². The highest BCUT2D eigenvalue weighted by atomic mass is 16.6. The van der Waals surface area contributed by atoms with E-state index in [4.69, 9.17) is 14.6 Å². The van der Waals surface area contributed by atoms with Crippen LogP contribution in [0.25, 0.3) is 0 Å². The van der Waals surface area contributed by atoms with Crippen molar-refractivity contribution in [3.63, 3.8) is 0 Å². The molecule has 0 aromatic carbocycles. The van der Waals surface area contributed by atoms with Crippen molar-refractivity contribution < 1.29 is 14.6 Å². The molecule has 1 unspecified atom stereocenters. The van der Waals surface area contributed by atoms with Gasteiger partial charge in [0.2, 0.25) is 0 Å². The molecular formula is C7H14O3. The molecule has 0 saturated carbocycles. The predicted molar refractivity (Wildman–Crippen MR) is 36.9 cm³/mol. The Morgan fingerprint density at radius 3 is 2.90 bits per heavy atom. The molecule has 1 rings (SSSR count). The van der Waals surface area contributed by atoms with Gasteiger partial charge in [0, 0.05) is 19.6 Å². The van der Waals surface area contributed by atoms with Crippen LogP contribution >= 0.6 is 0 Å². The van der Waals surface area contributed by atoms with Crippen LogP contribution in [0.1, 0.15) is 13.3 Å². The van der Waals surface area contributed by atoms with Gasteiger partial charge in [-0.1, -0.05) is 0 Å². The summed E-state index contributed by atoms with van der Waals surface area (Å²) in [4.78, 5) is 0. The van der Waals surface area contributed by atoms with E-state index in [1.165, 1.54) is 0 Å². The summed E-state index contributed by atoms with van der Waals surface area (Å²) < 4.78 is 10.5. The van der Waals surface area contributed by atoms with Gasteiger partial charge in [-0.3, -0.25) is 0 Å². The summed E-state index contributed by atoms with van der Waals surface area (Å²) in [5.74, 6) is 0. The van der Waals surface area contributed by atoms with Gasteiger partial charge in [-0.25, -0.2) is 0 Å². The van der Waals surface area contributed by atoms with Crippen molar-refractivity contribution in [3.8, 4) is 0 Å². The first-order valence-electron chi connectivity index (χ1n) is 3.65. The second kappa shape index (κ2) is 3.32. The van der Waals surface area contributed by atoms with Gasteiger partial charge in [0.15, 0.2) is 0 Å². The van der Waals surface area contributed by atoms with Gasteiger partial charge in [-0.05, 0) is 6.92 Å². The molecular weight excluding hydrogens is 132 g/mol.